The van der Waals surface area contributed by atoms with Crippen molar-refractivity contribution in [3.8, 4) is 0 Å². The summed E-state index contributed by atoms with van der Waals surface area (Å²) in [4.78, 5) is 46.2. The van der Waals surface area contributed by atoms with E-state index in [1.165, 1.54) is 0 Å². The predicted molar refractivity (Wildman–Crippen MR) is 110 cm³/mol. The van der Waals surface area contributed by atoms with Crippen molar-refractivity contribution in [2.45, 2.75) is 25.8 Å². The number of H-pyrrole nitrogens is 1. The maximum atomic E-state index is 12.9. The van der Waals surface area contributed by atoms with Gasteiger partial charge in [0.1, 0.15) is 6.04 Å². The van der Waals surface area contributed by atoms with Crippen molar-refractivity contribution >= 4 is 28.7 Å². The standard InChI is InChI=1S/C21H27N5O3/c1-15(19(27)24-8-4-5-9-24)23-21(29)26-12-10-25(11-13-26)20(28)17-14-22-18-7-3-2-6-16(17)18/h2-3,6-7,14-15,22H,4-5,8-13H2,1H3,(H,23,29). The Balaban J connectivity index is 1.31. The Labute approximate surface area is 169 Å². The number of para-hydroxylation sites is 1. The SMILES string of the molecule is CC(NC(=O)N1CCN(C(=O)c2c[nH]c3ccccc23)CC1)C(=O)N1CCCC1. The molecule has 2 aliphatic heterocycles. The molecule has 2 N–H and O–H groups in total. The first kappa shape index (κ1) is 19.3. The predicted octanol–water partition coefficient (Wildman–Crippen LogP) is 1.65. The Kier molecular flexibility index (Phi) is 5.42. The Morgan fingerprint density at radius 3 is 2.31 bits per heavy atom. The quantitative estimate of drug-likeness (QED) is 0.825. The van der Waals surface area contributed by atoms with Crippen molar-refractivity contribution < 1.29 is 14.4 Å². The van der Waals surface area contributed by atoms with Crippen LogP contribution in [-0.2, 0) is 4.79 Å². The monoisotopic (exact) mass is 397 g/mol. The van der Waals surface area contributed by atoms with Crippen molar-refractivity contribution in [1.82, 2.24) is 25.0 Å². The fourth-order valence-corrected chi connectivity index (χ4v) is 4.08. The summed E-state index contributed by atoms with van der Waals surface area (Å²) in [6.45, 7) is 5.12. The Hall–Kier alpha value is -3.03. The lowest BCUT2D eigenvalue weighted by Gasteiger charge is -2.35. The molecule has 1 atom stereocenters. The zero-order valence-corrected chi connectivity index (χ0v) is 16.7. The highest BCUT2D eigenvalue weighted by atomic mass is 16.2. The molecule has 4 rings (SSSR count). The molecule has 0 saturated carbocycles. The largest absolute Gasteiger partial charge is 0.360 e. The van der Waals surface area contributed by atoms with Crippen LogP contribution in [0, 0.1) is 0 Å². The van der Waals surface area contributed by atoms with Crippen LogP contribution in [0.15, 0.2) is 30.5 Å². The second kappa shape index (κ2) is 8.14. The number of urea groups is 1. The van der Waals surface area contributed by atoms with Crippen LogP contribution in [0.25, 0.3) is 10.9 Å². The number of fused-ring (bicyclic) bond motifs is 1. The minimum Gasteiger partial charge on any atom is -0.360 e. The van der Waals surface area contributed by atoms with Crippen LogP contribution in [0.1, 0.15) is 30.1 Å². The van der Waals surface area contributed by atoms with Gasteiger partial charge in [-0.05, 0) is 25.8 Å². The van der Waals surface area contributed by atoms with Gasteiger partial charge in [0.15, 0.2) is 0 Å². The minimum atomic E-state index is -0.536. The molecular formula is C21H27N5O3. The fourth-order valence-electron chi connectivity index (χ4n) is 4.08. The Morgan fingerprint density at radius 1 is 0.931 bits per heavy atom. The second-order valence-electron chi connectivity index (χ2n) is 7.73. The van der Waals surface area contributed by atoms with Gasteiger partial charge in [0.25, 0.3) is 5.91 Å². The van der Waals surface area contributed by atoms with Crippen molar-refractivity contribution in [2.75, 3.05) is 39.3 Å². The Bertz CT molecular complexity index is 910. The lowest BCUT2D eigenvalue weighted by Crippen LogP contribution is -2.56. The summed E-state index contributed by atoms with van der Waals surface area (Å²) in [5.41, 5.74) is 1.59. The molecule has 2 saturated heterocycles. The summed E-state index contributed by atoms with van der Waals surface area (Å²) in [6, 6.07) is 6.94. The van der Waals surface area contributed by atoms with E-state index in [4.69, 9.17) is 0 Å². The van der Waals surface area contributed by atoms with Gasteiger partial charge in [0.05, 0.1) is 5.56 Å². The van der Waals surface area contributed by atoms with Gasteiger partial charge < -0.3 is 25.0 Å². The van der Waals surface area contributed by atoms with Gasteiger partial charge in [0, 0.05) is 56.4 Å². The number of carbonyl (C=O) groups excluding carboxylic acids is 3. The molecule has 0 aliphatic carbocycles. The molecule has 2 aromatic rings. The molecule has 2 fully saturated rings. The molecule has 8 nitrogen and oxygen atoms in total. The van der Waals surface area contributed by atoms with Crippen LogP contribution in [0.4, 0.5) is 4.79 Å². The van der Waals surface area contributed by atoms with E-state index in [0.29, 0.717) is 31.7 Å². The number of aromatic amines is 1. The third kappa shape index (κ3) is 3.92. The number of likely N-dealkylation sites (tertiary alicyclic amines) is 1. The van der Waals surface area contributed by atoms with Gasteiger partial charge in [-0.1, -0.05) is 18.2 Å². The fraction of sp³-hybridized carbons (Fsp3) is 0.476. The van der Waals surface area contributed by atoms with Crippen LogP contribution < -0.4 is 5.32 Å². The molecule has 0 bridgehead atoms. The summed E-state index contributed by atoms with van der Waals surface area (Å²) < 4.78 is 0. The molecule has 4 amide bonds. The molecule has 29 heavy (non-hydrogen) atoms. The average molecular weight is 397 g/mol. The summed E-state index contributed by atoms with van der Waals surface area (Å²) in [5.74, 6) is -0.0518. The zero-order valence-electron chi connectivity index (χ0n) is 16.7. The van der Waals surface area contributed by atoms with Gasteiger partial charge in [-0.25, -0.2) is 4.79 Å². The normalized spacial score (nSPS) is 18.2. The van der Waals surface area contributed by atoms with E-state index in [1.807, 2.05) is 29.2 Å². The maximum absolute atomic E-state index is 12.9. The maximum Gasteiger partial charge on any atom is 0.318 e. The van der Waals surface area contributed by atoms with Crippen molar-refractivity contribution in [1.29, 1.82) is 0 Å². The van der Waals surface area contributed by atoms with E-state index >= 15 is 0 Å². The molecule has 1 aromatic heterocycles. The van der Waals surface area contributed by atoms with Crippen LogP contribution in [0.2, 0.25) is 0 Å². The van der Waals surface area contributed by atoms with Gasteiger partial charge in [0.2, 0.25) is 5.91 Å². The van der Waals surface area contributed by atoms with Crippen LogP contribution in [0.3, 0.4) is 0 Å². The first-order valence-electron chi connectivity index (χ1n) is 10.2. The smallest absolute Gasteiger partial charge is 0.318 e. The number of rotatable bonds is 3. The highest BCUT2D eigenvalue weighted by molar-refractivity contribution is 6.06. The van der Waals surface area contributed by atoms with E-state index < -0.39 is 6.04 Å². The van der Waals surface area contributed by atoms with Crippen molar-refractivity contribution in [3.05, 3.63) is 36.0 Å². The van der Waals surface area contributed by atoms with E-state index in [1.54, 1.807) is 22.9 Å². The van der Waals surface area contributed by atoms with Crippen LogP contribution in [-0.4, -0.2) is 82.8 Å². The number of benzene rings is 1. The Morgan fingerprint density at radius 2 is 1.59 bits per heavy atom. The zero-order chi connectivity index (χ0) is 20.4. The number of hydrogen-bond acceptors (Lipinski definition) is 3. The molecular weight excluding hydrogens is 370 g/mol. The average Bonchev–Trinajstić information content (AvgIpc) is 3.43. The minimum absolute atomic E-state index is 0.0241. The lowest BCUT2D eigenvalue weighted by molar-refractivity contribution is -0.131. The van der Waals surface area contributed by atoms with Crippen LogP contribution in [0.5, 0.6) is 0 Å². The van der Waals surface area contributed by atoms with E-state index in [0.717, 1.165) is 36.8 Å². The first-order valence-corrected chi connectivity index (χ1v) is 10.2. The van der Waals surface area contributed by atoms with E-state index in [-0.39, 0.29) is 17.8 Å². The van der Waals surface area contributed by atoms with E-state index in [9.17, 15) is 14.4 Å². The molecule has 0 spiro atoms. The molecule has 0 radical (unpaired) electrons. The van der Waals surface area contributed by atoms with Crippen molar-refractivity contribution in [3.63, 3.8) is 0 Å². The number of hydrogen-bond donors (Lipinski definition) is 2. The van der Waals surface area contributed by atoms with Gasteiger partial charge >= 0.3 is 6.03 Å². The molecule has 1 unspecified atom stereocenters. The second-order valence-corrected chi connectivity index (χ2v) is 7.73. The highest BCUT2D eigenvalue weighted by Crippen LogP contribution is 2.20. The van der Waals surface area contributed by atoms with Crippen LogP contribution >= 0.6 is 0 Å². The number of carbonyl (C=O) groups is 3. The number of aromatic nitrogens is 1. The summed E-state index contributed by atoms with van der Waals surface area (Å²) in [5, 5.41) is 3.72. The van der Waals surface area contributed by atoms with Gasteiger partial charge in [-0.3, -0.25) is 9.59 Å². The number of nitrogens with one attached hydrogen (secondary N) is 2. The summed E-state index contributed by atoms with van der Waals surface area (Å²) >= 11 is 0. The molecule has 8 heteroatoms. The lowest BCUT2D eigenvalue weighted by atomic mass is 10.1. The number of piperazine rings is 1. The molecule has 1 aromatic carbocycles. The topological polar surface area (TPSA) is 88.7 Å². The summed E-state index contributed by atoms with van der Waals surface area (Å²) in [7, 11) is 0. The third-order valence-electron chi connectivity index (χ3n) is 5.80. The van der Waals surface area contributed by atoms with E-state index in [2.05, 4.69) is 10.3 Å². The molecule has 154 valence electrons. The molecule has 3 heterocycles. The number of nitrogens with zero attached hydrogens (tertiary/aromatic N) is 3. The first-order chi connectivity index (χ1) is 14.0. The molecule has 2 aliphatic rings. The summed E-state index contributed by atoms with van der Waals surface area (Å²) in [6.07, 6.45) is 3.80. The van der Waals surface area contributed by atoms with Crippen molar-refractivity contribution in [2.24, 2.45) is 0 Å². The highest BCUT2D eigenvalue weighted by Gasteiger charge is 2.29. The van der Waals surface area contributed by atoms with Gasteiger partial charge in [-0.15, -0.1) is 0 Å². The number of amides is 4. The van der Waals surface area contributed by atoms with Gasteiger partial charge in [-0.2, -0.15) is 0 Å². The third-order valence-corrected chi connectivity index (χ3v) is 5.80.